The van der Waals surface area contributed by atoms with E-state index in [1.54, 1.807) is 0 Å². The van der Waals surface area contributed by atoms with Crippen LogP contribution in [-0.2, 0) is 14.3 Å². The van der Waals surface area contributed by atoms with E-state index in [9.17, 15) is 9.59 Å². The number of carbonyl (C=O) groups excluding carboxylic acids is 1. The Morgan fingerprint density at radius 2 is 1.14 bits per heavy atom. The average Bonchev–Trinajstić information content (AvgIpc) is 2.84. The van der Waals surface area contributed by atoms with E-state index in [0.29, 0.717) is 6.42 Å². The van der Waals surface area contributed by atoms with E-state index in [4.69, 9.17) is 9.84 Å². The van der Waals surface area contributed by atoms with Crippen LogP contribution in [0.3, 0.4) is 0 Å². The maximum atomic E-state index is 11.9. The molecule has 35 heavy (non-hydrogen) atoms. The smallest absolute Gasteiger partial charge is 0.309 e. The fourth-order valence-electron chi connectivity index (χ4n) is 4.47. The number of carbonyl (C=O) groups is 2. The number of carboxylic acids is 1. The molecule has 0 aliphatic carbocycles. The Morgan fingerprint density at radius 1 is 0.714 bits per heavy atom. The molecule has 0 aliphatic heterocycles. The van der Waals surface area contributed by atoms with Crippen molar-refractivity contribution in [2.24, 2.45) is 5.92 Å². The summed E-state index contributed by atoms with van der Waals surface area (Å²) in [6.45, 7) is 5.93. The van der Waals surface area contributed by atoms with Crippen molar-refractivity contribution in [3.05, 3.63) is 24.8 Å². The molecule has 0 bridgehead atoms. The monoisotopic (exact) mass is 492 g/mol. The van der Waals surface area contributed by atoms with Gasteiger partial charge in [-0.2, -0.15) is 0 Å². The van der Waals surface area contributed by atoms with Gasteiger partial charge in [0, 0.05) is 0 Å². The molecule has 0 aliphatic rings. The van der Waals surface area contributed by atoms with Crippen molar-refractivity contribution in [2.75, 3.05) is 6.61 Å². The quantitative estimate of drug-likeness (QED) is 0.0704. The second-order valence-electron chi connectivity index (χ2n) is 10.1. The van der Waals surface area contributed by atoms with Gasteiger partial charge in [0.2, 0.25) is 0 Å². The second kappa shape index (κ2) is 27.0. The summed E-state index contributed by atoms with van der Waals surface area (Å²) in [5, 5.41) is 9.00. The van der Waals surface area contributed by atoms with Crippen LogP contribution in [0.1, 0.15) is 148 Å². The van der Waals surface area contributed by atoms with Crippen molar-refractivity contribution < 1.29 is 19.4 Å². The summed E-state index contributed by atoms with van der Waals surface area (Å²) in [6.07, 6.45) is 32.7. The molecule has 1 N–H and O–H groups in total. The molecule has 1 unspecified atom stereocenters. The third kappa shape index (κ3) is 25.3. The minimum Gasteiger partial charge on any atom is -0.481 e. The SMILES string of the molecule is C=CCOC(=O)C(CCCCC/C=C/CCCCCCCCCCCCCCCCC)CC(=O)O. The van der Waals surface area contributed by atoms with Crippen LogP contribution >= 0.6 is 0 Å². The number of hydrogen-bond acceptors (Lipinski definition) is 3. The van der Waals surface area contributed by atoms with E-state index in [1.165, 1.54) is 109 Å². The molecule has 0 aromatic heterocycles. The third-order valence-corrected chi connectivity index (χ3v) is 6.66. The summed E-state index contributed by atoms with van der Waals surface area (Å²) in [6, 6.07) is 0. The van der Waals surface area contributed by atoms with Crippen molar-refractivity contribution >= 4 is 11.9 Å². The minimum atomic E-state index is -0.952. The molecule has 0 aromatic carbocycles. The standard InChI is InChI=1S/C31H56O4/c1-3-5-6-7-8-9-10-11-12-13-14-15-16-17-18-19-20-21-22-23-24-25-26-29(28-30(32)33)31(34)35-27-4-2/h4,20-21,29H,2-3,5-19,22-28H2,1H3,(H,32,33)/b21-20+. The highest BCUT2D eigenvalue weighted by Crippen LogP contribution is 2.17. The Morgan fingerprint density at radius 3 is 1.57 bits per heavy atom. The molecule has 0 amide bonds. The van der Waals surface area contributed by atoms with Crippen LogP contribution in [-0.4, -0.2) is 23.7 Å². The Balaban J connectivity index is 3.44. The molecule has 0 saturated carbocycles. The van der Waals surface area contributed by atoms with Crippen molar-refractivity contribution in [3.63, 3.8) is 0 Å². The summed E-state index contributed by atoms with van der Waals surface area (Å²) >= 11 is 0. The fraction of sp³-hybridized carbons (Fsp3) is 0.806. The second-order valence-corrected chi connectivity index (χ2v) is 10.1. The molecule has 0 fully saturated rings. The van der Waals surface area contributed by atoms with Crippen molar-refractivity contribution in [2.45, 2.75) is 148 Å². The van der Waals surface area contributed by atoms with Crippen LogP contribution < -0.4 is 0 Å². The van der Waals surface area contributed by atoms with Crippen LogP contribution in [0.5, 0.6) is 0 Å². The zero-order chi connectivity index (χ0) is 25.8. The van der Waals surface area contributed by atoms with E-state index < -0.39 is 17.9 Å². The minimum absolute atomic E-state index is 0.138. The van der Waals surface area contributed by atoms with Gasteiger partial charge >= 0.3 is 11.9 Å². The Bertz CT molecular complexity index is 526. The normalized spacial score (nSPS) is 12.1. The zero-order valence-corrected chi connectivity index (χ0v) is 23.0. The lowest BCUT2D eigenvalue weighted by atomic mass is 9.97. The number of carboxylic acid groups (broad SMARTS) is 1. The van der Waals surface area contributed by atoms with Gasteiger partial charge in [-0.25, -0.2) is 0 Å². The molecular weight excluding hydrogens is 436 g/mol. The van der Waals surface area contributed by atoms with Gasteiger partial charge in [0.15, 0.2) is 0 Å². The maximum Gasteiger partial charge on any atom is 0.309 e. The summed E-state index contributed by atoms with van der Waals surface area (Å²) in [7, 11) is 0. The van der Waals surface area contributed by atoms with E-state index >= 15 is 0 Å². The molecule has 0 aromatic rings. The lowest BCUT2D eigenvalue weighted by molar-refractivity contribution is -0.152. The molecule has 204 valence electrons. The first kappa shape index (κ1) is 33.4. The maximum absolute atomic E-state index is 11.9. The van der Waals surface area contributed by atoms with Gasteiger partial charge in [-0.05, 0) is 32.1 Å². The summed E-state index contributed by atoms with van der Waals surface area (Å²) in [4.78, 5) is 22.9. The van der Waals surface area contributed by atoms with E-state index in [-0.39, 0.29) is 13.0 Å². The van der Waals surface area contributed by atoms with Gasteiger partial charge in [0.25, 0.3) is 0 Å². The number of ether oxygens (including phenoxy) is 1. The Labute approximate surface area is 217 Å². The number of esters is 1. The zero-order valence-electron chi connectivity index (χ0n) is 23.0. The molecule has 0 radical (unpaired) electrons. The van der Waals surface area contributed by atoms with Crippen LogP contribution in [0.25, 0.3) is 0 Å². The molecule has 0 heterocycles. The van der Waals surface area contributed by atoms with Crippen molar-refractivity contribution in [1.29, 1.82) is 0 Å². The van der Waals surface area contributed by atoms with Gasteiger partial charge in [0.1, 0.15) is 6.61 Å². The van der Waals surface area contributed by atoms with E-state index in [1.807, 2.05) is 0 Å². The van der Waals surface area contributed by atoms with Gasteiger partial charge < -0.3 is 9.84 Å². The molecule has 1 atom stereocenters. The Kier molecular flexibility index (Phi) is 25.8. The van der Waals surface area contributed by atoms with E-state index in [2.05, 4.69) is 25.7 Å². The van der Waals surface area contributed by atoms with Gasteiger partial charge in [-0.15, -0.1) is 0 Å². The number of allylic oxidation sites excluding steroid dienone is 2. The van der Waals surface area contributed by atoms with Gasteiger partial charge in [-0.3, -0.25) is 9.59 Å². The van der Waals surface area contributed by atoms with Crippen LogP contribution in [0.4, 0.5) is 0 Å². The molecular formula is C31H56O4. The number of rotatable bonds is 27. The predicted octanol–water partition coefficient (Wildman–Crippen LogP) is 9.57. The lowest BCUT2D eigenvalue weighted by Gasteiger charge is -2.13. The summed E-state index contributed by atoms with van der Waals surface area (Å²) in [5.74, 6) is -1.92. The predicted molar refractivity (Wildman–Crippen MR) is 149 cm³/mol. The fourth-order valence-corrected chi connectivity index (χ4v) is 4.47. The molecule has 4 nitrogen and oxygen atoms in total. The average molecular weight is 493 g/mol. The molecule has 0 saturated heterocycles. The molecule has 0 spiro atoms. The van der Waals surface area contributed by atoms with Crippen LogP contribution in [0, 0.1) is 5.92 Å². The van der Waals surface area contributed by atoms with Crippen LogP contribution in [0.15, 0.2) is 24.8 Å². The van der Waals surface area contributed by atoms with Crippen molar-refractivity contribution in [1.82, 2.24) is 0 Å². The summed E-state index contributed by atoms with van der Waals surface area (Å²) < 4.78 is 5.02. The van der Waals surface area contributed by atoms with Crippen LogP contribution in [0.2, 0.25) is 0 Å². The third-order valence-electron chi connectivity index (χ3n) is 6.66. The number of hydrogen-bond donors (Lipinski definition) is 1. The number of unbranched alkanes of at least 4 members (excludes halogenated alkanes) is 18. The molecule has 0 rings (SSSR count). The number of aliphatic carboxylic acids is 1. The lowest BCUT2D eigenvalue weighted by Crippen LogP contribution is -2.21. The van der Waals surface area contributed by atoms with Gasteiger partial charge in [-0.1, -0.05) is 134 Å². The topological polar surface area (TPSA) is 63.6 Å². The highest BCUT2D eigenvalue weighted by Gasteiger charge is 2.22. The van der Waals surface area contributed by atoms with Gasteiger partial charge in [0.05, 0.1) is 12.3 Å². The molecule has 4 heteroatoms. The van der Waals surface area contributed by atoms with E-state index in [0.717, 1.165) is 25.7 Å². The first-order chi connectivity index (χ1) is 17.1. The first-order valence-corrected chi connectivity index (χ1v) is 14.8. The highest BCUT2D eigenvalue weighted by molar-refractivity contribution is 5.79. The summed E-state index contributed by atoms with van der Waals surface area (Å²) in [5.41, 5.74) is 0. The largest absolute Gasteiger partial charge is 0.481 e. The highest BCUT2D eigenvalue weighted by atomic mass is 16.5. The Hall–Kier alpha value is -1.58. The van der Waals surface area contributed by atoms with Crippen molar-refractivity contribution in [3.8, 4) is 0 Å². The first-order valence-electron chi connectivity index (χ1n) is 14.8.